The lowest BCUT2D eigenvalue weighted by Gasteiger charge is -2.15. The third-order valence-corrected chi connectivity index (χ3v) is 9.64. The molecular formula is C45H37N13O3. The number of fused-ring (bicyclic) bond motifs is 4. The fourth-order valence-electron chi connectivity index (χ4n) is 6.64. The summed E-state index contributed by atoms with van der Waals surface area (Å²) in [7, 11) is 6.64. The summed E-state index contributed by atoms with van der Waals surface area (Å²) < 4.78 is 12.3. The molecule has 6 heterocycles. The zero-order valence-corrected chi connectivity index (χ0v) is 33.4. The molecule has 0 atom stereocenters. The molecule has 0 radical (unpaired) electrons. The smallest absolute Gasteiger partial charge is 0.331 e. The number of nitrogens with zero attached hydrogens (tertiary/aromatic N) is 10. The zero-order chi connectivity index (χ0) is 41.9. The van der Waals surface area contributed by atoms with E-state index in [1.54, 1.807) is 53.1 Å². The monoisotopic (exact) mass is 807 g/mol. The van der Waals surface area contributed by atoms with Crippen LogP contribution in [0.2, 0.25) is 0 Å². The number of aromatic nitrogens is 10. The van der Waals surface area contributed by atoms with Gasteiger partial charge >= 0.3 is 6.03 Å². The maximum atomic E-state index is 13.0. The number of ether oxygens (including phenoxy) is 2. The van der Waals surface area contributed by atoms with Gasteiger partial charge in [0.15, 0.2) is 11.6 Å². The molecule has 0 aliphatic carbocycles. The molecule has 10 aromatic rings. The summed E-state index contributed by atoms with van der Waals surface area (Å²) in [4.78, 5) is 54.3. The van der Waals surface area contributed by atoms with Gasteiger partial charge in [-0.25, -0.2) is 39.3 Å². The van der Waals surface area contributed by atoms with Gasteiger partial charge in [-0.15, -0.1) is 0 Å². The van der Waals surface area contributed by atoms with Crippen LogP contribution in [0.15, 0.2) is 134 Å². The molecule has 0 saturated heterocycles. The summed E-state index contributed by atoms with van der Waals surface area (Å²) in [6.45, 7) is 0. The normalized spacial score (nSPS) is 11.0. The Morgan fingerprint density at radius 3 is 1.74 bits per heavy atom. The molecule has 16 nitrogen and oxygen atoms in total. The number of aromatic amines is 1. The number of pyridine rings is 2. The Hall–Kier alpha value is -8.53. The summed E-state index contributed by atoms with van der Waals surface area (Å²) in [5.74, 6) is 4.60. The van der Waals surface area contributed by atoms with Crippen LogP contribution >= 0.6 is 0 Å². The predicted molar refractivity (Wildman–Crippen MR) is 236 cm³/mol. The van der Waals surface area contributed by atoms with Crippen LogP contribution < -0.4 is 20.1 Å². The van der Waals surface area contributed by atoms with Crippen molar-refractivity contribution in [1.82, 2.24) is 54.3 Å². The Labute approximate surface area is 348 Å². The zero-order valence-electron chi connectivity index (χ0n) is 33.4. The van der Waals surface area contributed by atoms with Gasteiger partial charge in [-0.3, -0.25) is 9.97 Å². The van der Waals surface area contributed by atoms with E-state index in [4.69, 9.17) is 24.4 Å². The van der Waals surface area contributed by atoms with Gasteiger partial charge in [-0.05, 0) is 84.9 Å². The SMILES string of the molecule is COc1ccc2nc(-c3cccnc3)nc(Nc3nc4ccccc4[nH]3)c2c1.COc1ccc2nc(-c3cccnc3)nc(Nc3nc4ccccc4n3C(=O)N(C)C)c2c1. The number of H-pyrrole nitrogens is 1. The average Bonchev–Trinajstić information content (AvgIpc) is 3.89. The first-order valence-corrected chi connectivity index (χ1v) is 19.1. The summed E-state index contributed by atoms with van der Waals surface area (Å²) in [6.07, 6.45) is 6.88. The molecule has 0 spiro atoms. The summed E-state index contributed by atoms with van der Waals surface area (Å²) in [5.41, 5.74) is 6.36. The average molecular weight is 808 g/mol. The van der Waals surface area contributed by atoms with Crippen LogP contribution in [-0.4, -0.2) is 88.7 Å². The van der Waals surface area contributed by atoms with E-state index in [0.717, 1.165) is 44.2 Å². The summed E-state index contributed by atoms with van der Waals surface area (Å²) >= 11 is 0. The van der Waals surface area contributed by atoms with Crippen molar-refractivity contribution in [2.75, 3.05) is 38.9 Å². The molecule has 0 fully saturated rings. The number of rotatable bonds is 8. The highest BCUT2D eigenvalue weighted by Gasteiger charge is 2.21. The number of anilines is 4. The van der Waals surface area contributed by atoms with Gasteiger partial charge in [-0.2, -0.15) is 0 Å². The Balaban J connectivity index is 0.000000158. The maximum Gasteiger partial charge on any atom is 0.331 e. The molecule has 0 saturated carbocycles. The number of methoxy groups -OCH3 is 2. The lowest BCUT2D eigenvalue weighted by Crippen LogP contribution is -2.28. The molecule has 3 N–H and O–H groups in total. The third-order valence-electron chi connectivity index (χ3n) is 9.64. The van der Waals surface area contributed by atoms with Crippen molar-refractivity contribution >= 4 is 73.4 Å². The topological polar surface area (TPSA) is 187 Å². The molecular weight excluding hydrogens is 771 g/mol. The van der Waals surface area contributed by atoms with E-state index in [-0.39, 0.29) is 6.03 Å². The van der Waals surface area contributed by atoms with E-state index >= 15 is 0 Å². The predicted octanol–water partition coefficient (Wildman–Crippen LogP) is 8.64. The molecule has 0 aliphatic heterocycles. The van der Waals surface area contributed by atoms with E-state index in [1.165, 1.54) is 9.47 Å². The van der Waals surface area contributed by atoms with Crippen molar-refractivity contribution in [3.63, 3.8) is 0 Å². The second-order valence-corrected chi connectivity index (χ2v) is 13.8. The van der Waals surface area contributed by atoms with Gasteiger partial charge in [0.25, 0.3) is 0 Å². The van der Waals surface area contributed by atoms with Crippen LogP contribution in [-0.2, 0) is 0 Å². The van der Waals surface area contributed by atoms with Gasteiger partial charge in [0.1, 0.15) is 23.1 Å². The van der Waals surface area contributed by atoms with Crippen LogP contribution in [0.3, 0.4) is 0 Å². The molecule has 0 bridgehead atoms. The number of nitrogens with one attached hydrogen (secondary N) is 3. The van der Waals surface area contributed by atoms with Gasteiger partial charge < -0.3 is 30.0 Å². The van der Waals surface area contributed by atoms with E-state index in [0.29, 0.717) is 57.5 Å². The molecule has 0 aliphatic rings. The molecule has 61 heavy (non-hydrogen) atoms. The van der Waals surface area contributed by atoms with Crippen LogP contribution in [0.1, 0.15) is 0 Å². The molecule has 300 valence electrons. The molecule has 0 unspecified atom stereocenters. The van der Waals surface area contributed by atoms with E-state index < -0.39 is 0 Å². The molecule has 16 heteroatoms. The second kappa shape index (κ2) is 16.4. The number of carbonyl (C=O) groups excluding carboxylic acids is 1. The first-order valence-electron chi connectivity index (χ1n) is 19.1. The van der Waals surface area contributed by atoms with E-state index in [1.807, 2.05) is 109 Å². The van der Waals surface area contributed by atoms with Crippen LogP contribution in [0, 0.1) is 0 Å². The Kier molecular flexibility index (Phi) is 10.2. The number of imidazole rings is 2. The molecule has 6 aromatic heterocycles. The van der Waals surface area contributed by atoms with Crippen LogP contribution in [0.5, 0.6) is 11.5 Å². The molecule has 1 amide bonds. The highest BCUT2D eigenvalue weighted by molar-refractivity contribution is 5.97. The fourth-order valence-corrected chi connectivity index (χ4v) is 6.64. The number of benzene rings is 4. The standard InChI is InChI=1S/C24H21N7O2.C21H16N6O/c1-30(2)24(32)31-20-9-5-4-8-19(20)27-23(31)29-22-17-13-16(33-3)10-11-18(17)26-21(28-22)15-7-6-12-25-14-15;1-28-14-8-9-16-15(11-14)20(26-19(23-16)13-5-4-10-22-12-13)27-21-24-17-6-2-3-7-18(17)25-21/h4-14H,1-3H3,(H,26,27,28,29);2-12H,1H3,(H2,23,24,25,26,27). The van der Waals surface area contributed by atoms with Crippen LogP contribution in [0.4, 0.5) is 28.3 Å². The fraction of sp³-hybridized carbons (Fsp3) is 0.0889. The minimum Gasteiger partial charge on any atom is -0.497 e. The maximum absolute atomic E-state index is 13.0. The van der Waals surface area contributed by atoms with Crippen molar-refractivity contribution in [1.29, 1.82) is 0 Å². The van der Waals surface area contributed by atoms with E-state index in [9.17, 15) is 4.79 Å². The second-order valence-electron chi connectivity index (χ2n) is 13.8. The Morgan fingerprint density at radius 1 is 0.607 bits per heavy atom. The quantitative estimate of drug-likeness (QED) is 0.133. The van der Waals surface area contributed by atoms with Crippen molar-refractivity contribution in [3.05, 3.63) is 134 Å². The lowest BCUT2D eigenvalue weighted by molar-refractivity contribution is 0.220. The van der Waals surface area contributed by atoms with E-state index in [2.05, 4.69) is 40.5 Å². The summed E-state index contributed by atoms with van der Waals surface area (Å²) in [5, 5.41) is 8.16. The Bertz CT molecular complexity index is 3160. The third kappa shape index (κ3) is 7.75. The Morgan fingerprint density at radius 2 is 1.18 bits per heavy atom. The number of hydrogen-bond acceptors (Lipinski definition) is 13. The highest BCUT2D eigenvalue weighted by atomic mass is 16.5. The van der Waals surface area contributed by atoms with Crippen molar-refractivity contribution < 1.29 is 14.3 Å². The van der Waals surface area contributed by atoms with Gasteiger partial charge in [0.2, 0.25) is 11.9 Å². The van der Waals surface area contributed by atoms with Crippen molar-refractivity contribution in [2.45, 2.75) is 0 Å². The lowest BCUT2D eigenvalue weighted by atomic mass is 10.2. The minimum atomic E-state index is -0.227. The van der Waals surface area contributed by atoms with Crippen molar-refractivity contribution in [2.24, 2.45) is 0 Å². The minimum absolute atomic E-state index is 0.227. The molecule has 10 rings (SSSR count). The molecule has 4 aromatic carbocycles. The van der Waals surface area contributed by atoms with Crippen LogP contribution in [0.25, 0.3) is 66.6 Å². The largest absolute Gasteiger partial charge is 0.497 e. The number of amides is 1. The number of para-hydroxylation sites is 4. The first kappa shape index (κ1) is 38.0. The number of hydrogen-bond donors (Lipinski definition) is 3. The van der Waals surface area contributed by atoms with Crippen molar-refractivity contribution in [3.8, 4) is 34.3 Å². The van der Waals surface area contributed by atoms with Gasteiger partial charge in [-0.1, -0.05) is 24.3 Å². The summed E-state index contributed by atoms with van der Waals surface area (Å²) in [6, 6.07) is 33.9. The highest BCUT2D eigenvalue weighted by Crippen LogP contribution is 2.32. The first-order chi connectivity index (χ1) is 29.8. The number of carbonyl (C=O) groups is 1. The van der Waals surface area contributed by atoms with Gasteiger partial charge in [0, 0.05) is 60.8 Å². The van der Waals surface area contributed by atoms with Gasteiger partial charge in [0.05, 0.1) is 47.3 Å².